The minimum absolute atomic E-state index is 0.0642. The smallest absolute Gasteiger partial charge is 0.442 e. The largest absolute Gasteiger partial charge is 0.489 e. The molecule has 3 aromatic carbocycles. The fourth-order valence-electron chi connectivity index (χ4n) is 3.55. The van der Waals surface area contributed by atoms with Crippen molar-refractivity contribution >= 4 is 46.5 Å². The zero-order valence-corrected chi connectivity index (χ0v) is 26.9. The summed E-state index contributed by atoms with van der Waals surface area (Å²) in [5, 5.41) is 24.3. The molecule has 0 saturated carbocycles. The molecule has 11 nitrogen and oxygen atoms in total. The molecule has 0 radical (unpaired) electrons. The summed E-state index contributed by atoms with van der Waals surface area (Å²) >= 11 is 18.0. The van der Waals surface area contributed by atoms with Gasteiger partial charge in [0, 0.05) is 23.6 Å². The predicted octanol–water partition coefficient (Wildman–Crippen LogP) is 8.97. The van der Waals surface area contributed by atoms with Crippen LogP contribution in [0.5, 0.6) is 17.2 Å². The molecule has 0 aliphatic heterocycles. The van der Waals surface area contributed by atoms with Gasteiger partial charge in [0.05, 0.1) is 37.3 Å². The average Bonchev–Trinajstić information content (AvgIpc) is 3.32. The Balaban J connectivity index is 0.000000251. The Hall–Kier alpha value is -4.27. The number of hydrogen-bond acceptors (Lipinski definition) is 8. The number of carboxylic acid groups (broad SMARTS) is 1. The lowest BCUT2D eigenvalue weighted by molar-refractivity contribution is -0.385. The van der Waals surface area contributed by atoms with Crippen molar-refractivity contribution in [2.24, 2.45) is 0 Å². The number of nitro groups is 1. The normalized spacial score (nSPS) is 11.6. The van der Waals surface area contributed by atoms with Gasteiger partial charge in [-0.2, -0.15) is 17.9 Å². The molecule has 1 heterocycles. The molecule has 0 fully saturated rings. The maximum atomic E-state index is 12.6. The Labute approximate surface area is 274 Å². The third kappa shape index (κ3) is 8.92. The van der Waals surface area contributed by atoms with Crippen molar-refractivity contribution in [3.8, 4) is 22.9 Å². The summed E-state index contributed by atoms with van der Waals surface area (Å²) in [6, 6.07) is 8.37. The van der Waals surface area contributed by atoms with Crippen LogP contribution >= 0.6 is 34.8 Å². The Kier molecular flexibility index (Phi) is 11.0. The number of nitro benzene ring substituents is 1. The molecule has 4 aromatic rings. The van der Waals surface area contributed by atoms with E-state index in [1.807, 2.05) is 34.6 Å². The Morgan fingerprint density at radius 2 is 1.63 bits per heavy atom. The van der Waals surface area contributed by atoms with E-state index in [0.29, 0.717) is 28.4 Å². The van der Waals surface area contributed by atoms with Gasteiger partial charge in [-0.25, -0.2) is 9.59 Å². The molecule has 0 bridgehead atoms. The van der Waals surface area contributed by atoms with Crippen LogP contribution in [0.4, 0.5) is 18.9 Å². The number of aromatic carboxylic acids is 1. The fourth-order valence-corrected chi connectivity index (χ4v) is 4.28. The highest BCUT2D eigenvalue weighted by Gasteiger charge is 2.31. The van der Waals surface area contributed by atoms with E-state index in [4.69, 9.17) is 53.8 Å². The van der Waals surface area contributed by atoms with E-state index in [2.05, 4.69) is 5.10 Å². The highest BCUT2D eigenvalue weighted by atomic mass is 35.5. The van der Waals surface area contributed by atoms with Gasteiger partial charge in [0.2, 0.25) is 5.89 Å². The van der Waals surface area contributed by atoms with Crippen molar-refractivity contribution in [1.82, 2.24) is 9.78 Å². The van der Waals surface area contributed by atoms with Crippen LogP contribution in [0.3, 0.4) is 0 Å². The van der Waals surface area contributed by atoms with E-state index in [-0.39, 0.29) is 33.1 Å². The molecule has 0 saturated heterocycles. The summed E-state index contributed by atoms with van der Waals surface area (Å²) in [7, 11) is 0. The summed E-state index contributed by atoms with van der Waals surface area (Å²) in [6.45, 7) is 9.47. The predicted molar refractivity (Wildman–Crippen MR) is 163 cm³/mol. The first-order valence-electron chi connectivity index (χ1n) is 13.0. The zero-order valence-electron chi connectivity index (χ0n) is 24.6. The minimum atomic E-state index is -4.58. The number of hydrogen-bond donors (Lipinski definition) is 1. The third-order valence-corrected chi connectivity index (χ3v) is 6.56. The van der Waals surface area contributed by atoms with Crippen molar-refractivity contribution in [1.29, 1.82) is 0 Å². The topological polar surface area (TPSA) is 147 Å². The summed E-state index contributed by atoms with van der Waals surface area (Å²) in [4.78, 5) is 33.0. The third-order valence-electron chi connectivity index (χ3n) is 5.66. The van der Waals surface area contributed by atoms with Gasteiger partial charge in [0.25, 0.3) is 5.69 Å². The second-order valence-corrected chi connectivity index (χ2v) is 11.9. The molecule has 0 unspecified atom stereocenters. The minimum Gasteiger partial charge on any atom is -0.489 e. The zero-order chi connectivity index (χ0) is 34.7. The van der Waals surface area contributed by atoms with Gasteiger partial charge in [0.15, 0.2) is 0 Å². The molecule has 1 N–H and O–H groups in total. The van der Waals surface area contributed by atoms with Crippen molar-refractivity contribution in [3.63, 3.8) is 0 Å². The van der Waals surface area contributed by atoms with Gasteiger partial charge in [-0.05, 0) is 44.2 Å². The molecular weight excluding hydrogens is 682 g/mol. The van der Waals surface area contributed by atoms with Crippen molar-refractivity contribution in [2.75, 3.05) is 0 Å². The highest BCUT2D eigenvalue weighted by molar-refractivity contribution is 6.36. The highest BCUT2D eigenvalue weighted by Crippen LogP contribution is 2.37. The summed E-state index contributed by atoms with van der Waals surface area (Å²) < 4.78 is 54.8. The maximum Gasteiger partial charge on any atom is 0.442 e. The molecule has 0 spiro atoms. The van der Waals surface area contributed by atoms with E-state index < -0.39 is 39.6 Å². The number of carboxylic acids is 1. The van der Waals surface area contributed by atoms with Crippen molar-refractivity contribution in [3.05, 3.63) is 101 Å². The van der Waals surface area contributed by atoms with E-state index in [9.17, 15) is 32.9 Å². The van der Waals surface area contributed by atoms with E-state index >= 15 is 0 Å². The second-order valence-electron chi connectivity index (χ2n) is 10.7. The van der Waals surface area contributed by atoms with Gasteiger partial charge < -0.3 is 19.0 Å². The summed E-state index contributed by atoms with van der Waals surface area (Å²) in [5.41, 5.74) is -2.27. The standard InChI is InChI=1S/C15H18Cl2N2O3.C14H7ClF3NO5/c1-8(2)21-12-7-11(9(16)6-10(12)17)19-14(20)22-13(18-19)15(3,4)5;15-10-5-7(14(16,17)18)1-4-12(10)24-8-2-3-11(19(22)23)9(6-8)13(20)21/h6-8H,1-5H3;1-6H,(H,20,21). The molecular formula is C29H25Cl3F3N3O8. The molecule has 0 aliphatic carbocycles. The lowest BCUT2D eigenvalue weighted by Gasteiger charge is -2.13. The number of ether oxygens (including phenoxy) is 2. The Morgan fingerprint density at radius 3 is 2.13 bits per heavy atom. The number of halogens is 6. The Bertz CT molecular complexity index is 1830. The molecule has 17 heteroatoms. The molecule has 0 amide bonds. The van der Waals surface area contributed by atoms with Crippen LogP contribution in [0.1, 0.15) is 56.4 Å². The number of carbonyl (C=O) groups is 1. The summed E-state index contributed by atoms with van der Waals surface area (Å²) in [6.07, 6.45) is -4.64. The van der Waals surface area contributed by atoms with Crippen LogP contribution in [0, 0.1) is 10.1 Å². The molecule has 0 atom stereocenters. The van der Waals surface area contributed by atoms with Crippen LogP contribution in [0.2, 0.25) is 15.1 Å². The first-order chi connectivity index (χ1) is 21.2. The molecule has 4 rings (SSSR count). The first kappa shape index (κ1) is 36.2. The fraction of sp³-hybridized carbons (Fsp3) is 0.276. The SMILES string of the molecule is CC(C)Oc1cc(-n2nc(C(C)(C)C)oc2=O)c(Cl)cc1Cl.O=C(O)c1cc(Oc2ccc(C(F)(F)F)cc2Cl)ccc1[N+](=O)[O-]. The molecule has 46 heavy (non-hydrogen) atoms. The summed E-state index contributed by atoms with van der Waals surface area (Å²) in [5.74, 6) is -1.68. The van der Waals surface area contributed by atoms with Crippen molar-refractivity contribution < 1.29 is 41.9 Å². The molecule has 1 aromatic heterocycles. The number of rotatable bonds is 7. The lowest BCUT2D eigenvalue weighted by atomic mass is 9.97. The lowest BCUT2D eigenvalue weighted by Crippen LogP contribution is -2.15. The van der Waals surface area contributed by atoms with E-state index in [1.165, 1.54) is 6.07 Å². The van der Waals surface area contributed by atoms with Gasteiger partial charge in [-0.15, -0.1) is 5.10 Å². The first-order valence-corrected chi connectivity index (χ1v) is 14.2. The average molecular weight is 707 g/mol. The van der Waals surface area contributed by atoms with E-state index in [1.54, 1.807) is 6.07 Å². The van der Waals surface area contributed by atoms with Crippen LogP contribution in [-0.4, -0.2) is 31.9 Å². The van der Waals surface area contributed by atoms with Crippen LogP contribution in [0.15, 0.2) is 57.7 Å². The van der Waals surface area contributed by atoms with Gasteiger partial charge in [0.1, 0.15) is 22.8 Å². The monoisotopic (exact) mass is 705 g/mol. The number of alkyl halides is 3. The molecule has 0 aliphatic rings. The van der Waals surface area contributed by atoms with Crippen LogP contribution in [0.25, 0.3) is 5.69 Å². The number of aromatic nitrogens is 2. The number of nitrogens with zero attached hydrogens (tertiary/aromatic N) is 3. The Morgan fingerprint density at radius 1 is 1.00 bits per heavy atom. The molecule has 246 valence electrons. The van der Waals surface area contributed by atoms with Crippen LogP contribution in [-0.2, 0) is 11.6 Å². The van der Waals surface area contributed by atoms with Crippen molar-refractivity contribution in [2.45, 2.75) is 52.3 Å². The van der Waals surface area contributed by atoms with Gasteiger partial charge in [-0.1, -0.05) is 55.6 Å². The van der Waals surface area contributed by atoms with E-state index in [0.717, 1.165) is 35.0 Å². The van der Waals surface area contributed by atoms with Gasteiger partial charge >= 0.3 is 17.9 Å². The second kappa shape index (κ2) is 14.0. The quantitative estimate of drug-likeness (QED) is 0.147. The van der Waals surface area contributed by atoms with Gasteiger partial charge in [-0.3, -0.25) is 10.1 Å². The number of benzene rings is 3. The van der Waals surface area contributed by atoms with Crippen LogP contribution < -0.4 is 15.2 Å². The maximum absolute atomic E-state index is 12.6.